The van der Waals surface area contributed by atoms with Gasteiger partial charge in [0.1, 0.15) is 5.69 Å². The number of nitrogens with zero attached hydrogens (tertiary/aromatic N) is 2. The van der Waals surface area contributed by atoms with Crippen LogP contribution in [0.15, 0.2) is 18.3 Å². The van der Waals surface area contributed by atoms with Crippen LogP contribution < -0.4 is 11.1 Å². The van der Waals surface area contributed by atoms with Crippen molar-refractivity contribution in [2.75, 3.05) is 32.5 Å². The van der Waals surface area contributed by atoms with Gasteiger partial charge in [0, 0.05) is 25.0 Å². The summed E-state index contributed by atoms with van der Waals surface area (Å²) in [6.07, 6.45) is 1.58. The number of carbonyl (C=O) groups is 1. The number of nitrogens with two attached hydrogens (primary N) is 1. The molecular formula is C13H22N4O. The summed E-state index contributed by atoms with van der Waals surface area (Å²) < 4.78 is 0. The van der Waals surface area contributed by atoms with E-state index in [1.807, 2.05) is 6.07 Å². The van der Waals surface area contributed by atoms with Gasteiger partial charge in [0.25, 0.3) is 5.91 Å². The average Bonchev–Trinajstić information content (AvgIpc) is 2.25. The minimum atomic E-state index is -0.508. The second-order valence-electron chi connectivity index (χ2n) is 5.55. The quantitative estimate of drug-likeness (QED) is 0.795. The van der Waals surface area contributed by atoms with Crippen molar-refractivity contribution in [1.29, 1.82) is 0 Å². The molecule has 5 nitrogen and oxygen atoms in total. The number of hydrogen-bond acceptors (Lipinski definition) is 4. The van der Waals surface area contributed by atoms with E-state index in [0.717, 1.165) is 18.8 Å². The molecule has 0 spiro atoms. The summed E-state index contributed by atoms with van der Waals surface area (Å²) in [5, 5.41) is 3.31. The van der Waals surface area contributed by atoms with Crippen LogP contribution >= 0.6 is 0 Å². The summed E-state index contributed by atoms with van der Waals surface area (Å²) in [7, 11) is 4.11. The topological polar surface area (TPSA) is 71.2 Å². The molecule has 0 atom stereocenters. The fourth-order valence-electron chi connectivity index (χ4n) is 1.93. The van der Waals surface area contributed by atoms with E-state index in [2.05, 4.69) is 43.1 Å². The Balaban J connectivity index is 2.63. The molecular weight excluding hydrogens is 228 g/mol. The number of aromatic nitrogens is 1. The molecule has 1 rings (SSSR count). The smallest absolute Gasteiger partial charge is 0.267 e. The third-order valence-corrected chi connectivity index (χ3v) is 2.53. The molecule has 100 valence electrons. The van der Waals surface area contributed by atoms with Crippen LogP contribution in [0.3, 0.4) is 0 Å². The lowest BCUT2D eigenvalue weighted by atomic mass is 9.93. The molecule has 0 fully saturated rings. The Hall–Kier alpha value is -1.62. The van der Waals surface area contributed by atoms with Gasteiger partial charge in [-0.15, -0.1) is 0 Å². The van der Waals surface area contributed by atoms with Crippen LogP contribution in [0.1, 0.15) is 24.3 Å². The fraction of sp³-hybridized carbons (Fsp3) is 0.538. The molecule has 0 aliphatic heterocycles. The van der Waals surface area contributed by atoms with Crippen molar-refractivity contribution in [3.63, 3.8) is 0 Å². The Labute approximate surface area is 108 Å². The lowest BCUT2D eigenvalue weighted by Gasteiger charge is -2.28. The maximum atomic E-state index is 11.0. The SMILES string of the molecule is CN(C)CC(C)(C)CNc1ccnc(C(N)=O)c1. The molecule has 0 aromatic carbocycles. The lowest BCUT2D eigenvalue weighted by Crippen LogP contribution is -2.34. The molecule has 18 heavy (non-hydrogen) atoms. The first-order valence-corrected chi connectivity index (χ1v) is 5.95. The van der Waals surface area contributed by atoms with Crippen molar-refractivity contribution >= 4 is 11.6 Å². The van der Waals surface area contributed by atoms with Crippen LogP contribution in [-0.2, 0) is 0 Å². The Morgan fingerprint density at radius 1 is 1.50 bits per heavy atom. The second kappa shape index (κ2) is 5.82. The van der Waals surface area contributed by atoms with E-state index in [-0.39, 0.29) is 11.1 Å². The number of amides is 1. The molecule has 1 heterocycles. The van der Waals surface area contributed by atoms with Crippen molar-refractivity contribution in [1.82, 2.24) is 9.88 Å². The molecule has 5 heteroatoms. The van der Waals surface area contributed by atoms with Crippen LogP contribution in [0, 0.1) is 5.41 Å². The molecule has 0 radical (unpaired) electrons. The van der Waals surface area contributed by atoms with E-state index < -0.39 is 5.91 Å². The van der Waals surface area contributed by atoms with E-state index in [1.54, 1.807) is 12.3 Å². The van der Waals surface area contributed by atoms with E-state index in [9.17, 15) is 4.79 Å². The minimum absolute atomic E-state index is 0.139. The highest BCUT2D eigenvalue weighted by Crippen LogP contribution is 2.17. The maximum absolute atomic E-state index is 11.0. The predicted octanol–water partition coefficient (Wildman–Crippen LogP) is 1.18. The van der Waals surface area contributed by atoms with Crippen molar-refractivity contribution in [3.05, 3.63) is 24.0 Å². The molecule has 0 aliphatic carbocycles. The summed E-state index contributed by atoms with van der Waals surface area (Å²) in [6.45, 7) is 6.17. The van der Waals surface area contributed by atoms with Gasteiger partial charge in [0.15, 0.2) is 0 Å². The highest BCUT2D eigenvalue weighted by atomic mass is 16.1. The lowest BCUT2D eigenvalue weighted by molar-refractivity contribution is 0.0995. The van der Waals surface area contributed by atoms with Crippen LogP contribution in [0.25, 0.3) is 0 Å². The first-order valence-electron chi connectivity index (χ1n) is 5.95. The molecule has 0 unspecified atom stereocenters. The van der Waals surface area contributed by atoms with Crippen LogP contribution in [-0.4, -0.2) is 43.0 Å². The zero-order chi connectivity index (χ0) is 13.8. The molecule has 1 amide bonds. The van der Waals surface area contributed by atoms with Crippen molar-refractivity contribution in [3.8, 4) is 0 Å². The monoisotopic (exact) mass is 250 g/mol. The minimum Gasteiger partial charge on any atom is -0.384 e. The standard InChI is InChI=1S/C13H22N4O/c1-13(2,9-17(3)4)8-16-10-5-6-15-11(7-10)12(14)18/h5-7H,8-9H2,1-4H3,(H2,14,18)(H,15,16). The van der Waals surface area contributed by atoms with Crippen LogP contribution in [0.5, 0.6) is 0 Å². The number of primary amides is 1. The zero-order valence-corrected chi connectivity index (χ0v) is 11.5. The van der Waals surface area contributed by atoms with Gasteiger partial charge in [-0.25, -0.2) is 0 Å². The molecule has 3 N–H and O–H groups in total. The van der Waals surface area contributed by atoms with Crippen molar-refractivity contribution in [2.24, 2.45) is 11.1 Å². The Kier molecular flexibility index (Phi) is 4.67. The second-order valence-corrected chi connectivity index (χ2v) is 5.55. The fourth-order valence-corrected chi connectivity index (χ4v) is 1.93. The van der Waals surface area contributed by atoms with Gasteiger partial charge in [0.2, 0.25) is 0 Å². The Morgan fingerprint density at radius 2 is 2.17 bits per heavy atom. The summed E-state index contributed by atoms with van der Waals surface area (Å²) in [5.41, 5.74) is 6.48. The largest absolute Gasteiger partial charge is 0.384 e. The number of carbonyl (C=O) groups excluding carboxylic acids is 1. The number of nitrogens with one attached hydrogen (secondary N) is 1. The van der Waals surface area contributed by atoms with Gasteiger partial charge >= 0.3 is 0 Å². The molecule has 1 aromatic rings. The Morgan fingerprint density at radius 3 is 2.72 bits per heavy atom. The third kappa shape index (κ3) is 4.71. The summed E-state index contributed by atoms with van der Waals surface area (Å²) in [5.74, 6) is -0.508. The van der Waals surface area contributed by atoms with Gasteiger partial charge in [-0.05, 0) is 31.6 Å². The normalized spacial score (nSPS) is 11.6. The van der Waals surface area contributed by atoms with Gasteiger partial charge in [-0.3, -0.25) is 9.78 Å². The average molecular weight is 250 g/mol. The maximum Gasteiger partial charge on any atom is 0.267 e. The Bertz CT molecular complexity index is 415. The molecule has 0 bridgehead atoms. The van der Waals surface area contributed by atoms with Gasteiger partial charge < -0.3 is 16.0 Å². The zero-order valence-electron chi connectivity index (χ0n) is 11.5. The summed E-state index contributed by atoms with van der Waals surface area (Å²) in [4.78, 5) is 17.1. The van der Waals surface area contributed by atoms with Gasteiger partial charge in [-0.2, -0.15) is 0 Å². The van der Waals surface area contributed by atoms with Crippen LogP contribution in [0.2, 0.25) is 0 Å². The molecule has 1 aromatic heterocycles. The van der Waals surface area contributed by atoms with E-state index in [0.29, 0.717) is 0 Å². The third-order valence-electron chi connectivity index (χ3n) is 2.53. The van der Waals surface area contributed by atoms with Crippen LogP contribution in [0.4, 0.5) is 5.69 Å². The van der Waals surface area contributed by atoms with Gasteiger partial charge in [0.05, 0.1) is 0 Å². The summed E-state index contributed by atoms with van der Waals surface area (Å²) in [6, 6.07) is 3.51. The molecule has 0 saturated carbocycles. The van der Waals surface area contributed by atoms with E-state index in [1.165, 1.54) is 0 Å². The highest BCUT2D eigenvalue weighted by molar-refractivity contribution is 5.91. The molecule has 0 saturated heterocycles. The first-order chi connectivity index (χ1) is 8.30. The number of rotatable bonds is 6. The summed E-state index contributed by atoms with van der Waals surface area (Å²) >= 11 is 0. The number of hydrogen-bond donors (Lipinski definition) is 2. The van der Waals surface area contributed by atoms with Crippen molar-refractivity contribution in [2.45, 2.75) is 13.8 Å². The first kappa shape index (κ1) is 14.4. The van der Waals surface area contributed by atoms with E-state index in [4.69, 9.17) is 5.73 Å². The molecule has 0 aliphatic rings. The van der Waals surface area contributed by atoms with E-state index >= 15 is 0 Å². The van der Waals surface area contributed by atoms with Crippen molar-refractivity contribution < 1.29 is 4.79 Å². The number of anilines is 1. The van der Waals surface area contributed by atoms with Gasteiger partial charge in [-0.1, -0.05) is 13.8 Å². The highest BCUT2D eigenvalue weighted by Gasteiger charge is 2.18. The predicted molar refractivity (Wildman–Crippen MR) is 73.6 cm³/mol. The number of pyridine rings is 1.